The Bertz CT molecular complexity index is 839. The Morgan fingerprint density at radius 2 is 1.96 bits per heavy atom. The van der Waals surface area contributed by atoms with Crippen LogP contribution in [0.3, 0.4) is 0 Å². The zero-order valence-electron chi connectivity index (χ0n) is 13.5. The number of hydrogen-bond acceptors (Lipinski definition) is 9. The first kappa shape index (κ1) is 17.8. The van der Waals surface area contributed by atoms with Gasteiger partial charge in [-0.2, -0.15) is 4.98 Å². The van der Waals surface area contributed by atoms with Gasteiger partial charge in [0, 0.05) is 16.0 Å². The van der Waals surface area contributed by atoms with E-state index in [-0.39, 0.29) is 17.2 Å². The number of anilines is 1. The third kappa shape index (κ3) is 3.24. The zero-order chi connectivity index (χ0) is 18.3. The highest BCUT2D eigenvalue weighted by atomic mass is 32.2. The van der Waals surface area contributed by atoms with Gasteiger partial charge in [-0.15, -0.1) is 0 Å². The molecule has 2 aliphatic rings. The summed E-state index contributed by atoms with van der Waals surface area (Å²) in [5.41, 5.74) is 4.92. The molecule has 4 atom stereocenters. The molecule has 4 N–H and O–H groups in total. The summed E-state index contributed by atoms with van der Waals surface area (Å²) in [6.07, 6.45) is -2.24. The van der Waals surface area contributed by atoms with E-state index in [9.17, 15) is 15.0 Å². The predicted molar refractivity (Wildman–Crippen MR) is 96.7 cm³/mol. The third-order valence-electron chi connectivity index (χ3n) is 4.18. The second-order valence-electron chi connectivity index (χ2n) is 5.85. The van der Waals surface area contributed by atoms with E-state index < -0.39 is 30.2 Å². The third-order valence-corrected chi connectivity index (χ3v) is 6.72. The maximum Gasteiger partial charge on any atom is 0.351 e. The van der Waals surface area contributed by atoms with Crippen molar-refractivity contribution >= 4 is 29.3 Å². The molecule has 26 heavy (non-hydrogen) atoms. The van der Waals surface area contributed by atoms with Gasteiger partial charge in [-0.1, -0.05) is 35.7 Å². The summed E-state index contributed by atoms with van der Waals surface area (Å²) in [5, 5.41) is 20.0. The van der Waals surface area contributed by atoms with Crippen LogP contribution in [0.2, 0.25) is 0 Å². The number of fused-ring (bicyclic) bond motifs is 1. The SMILES string of the molecule is Nc1ccn([C@@H]2O[C@H](CO)[C@@H](O)[C@H]2OC2Sc3ccccc3S2)c(=O)n1. The smallest absolute Gasteiger partial charge is 0.351 e. The molecule has 138 valence electrons. The van der Waals surface area contributed by atoms with Gasteiger partial charge in [-0.25, -0.2) is 4.79 Å². The molecule has 8 nitrogen and oxygen atoms in total. The van der Waals surface area contributed by atoms with Crippen molar-refractivity contribution in [2.75, 3.05) is 12.3 Å². The first-order chi connectivity index (χ1) is 12.6. The Morgan fingerprint density at radius 3 is 2.58 bits per heavy atom. The number of ether oxygens (including phenoxy) is 2. The van der Waals surface area contributed by atoms with Crippen LogP contribution in [-0.2, 0) is 9.47 Å². The number of nitrogen functional groups attached to an aromatic ring is 1. The van der Waals surface area contributed by atoms with Gasteiger partial charge in [0.25, 0.3) is 0 Å². The fraction of sp³-hybridized carbons (Fsp3) is 0.375. The number of hydrogen-bond donors (Lipinski definition) is 3. The fourth-order valence-electron chi connectivity index (χ4n) is 2.92. The molecule has 3 heterocycles. The summed E-state index contributed by atoms with van der Waals surface area (Å²) < 4.78 is 12.7. The molecule has 1 aromatic carbocycles. The van der Waals surface area contributed by atoms with Crippen molar-refractivity contribution in [2.24, 2.45) is 0 Å². The molecule has 0 unspecified atom stereocenters. The van der Waals surface area contributed by atoms with Gasteiger partial charge in [0.15, 0.2) is 11.0 Å². The molecule has 1 fully saturated rings. The molecule has 0 amide bonds. The van der Waals surface area contributed by atoms with E-state index in [1.54, 1.807) is 0 Å². The molecule has 0 radical (unpaired) electrons. The lowest BCUT2D eigenvalue weighted by Crippen LogP contribution is -2.39. The topological polar surface area (TPSA) is 120 Å². The number of aliphatic hydroxyl groups is 2. The lowest BCUT2D eigenvalue weighted by molar-refractivity contribution is -0.0686. The zero-order valence-corrected chi connectivity index (χ0v) is 15.1. The number of nitrogens with zero attached hydrogens (tertiary/aromatic N) is 2. The summed E-state index contributed by atoms with van der Waals surface area (Å²) in [4.78, 5) is 18.0. The van der Waals surface area contributed by atoms with Gasteiger partial charge in [-0.05, 0) is 18.2 Å². The highest BCUT2D eigenvalue weighted by molar-refractivity contribution is 8.19. The largest absolute Gasteiger partial charge is 0.394 e. The lowest BCUT2D eigenvalue weighted by atomic mass is 10.1. The van der Waals surface area contributed by atoms with Gasteiger partial charge in [-0.3, -0.25) is 4.57 Å². The first-order valence-electron chi connectivity index (χ1n) is 7.93. The number of aromatic nitrogens is 2. The summed E-state index contributed by atoms with van der Waals surface area (Å²) in [5.74, 6) is 0.0957. The molecule has 2 aromatic rings. The summed E-state index contributed by atoms with van der Waals surface area (Å²) in [6, 6.07) is 9.37. The van der Waals surface area contributed by atoms with Crippen molar-refractivity contribution in [2.45, 2.75) is 39.1 Å². The van der Waals surface area contributed by atoms with Crippen LogP contribution in [0.15, 0.2) is 51.1 Å². The Morgan fingerprint density at radius 1 is 1.27 bits per heavy atom. The molecule has 1 saturated heterocycles. The van der Waals surface area contributed by atoms with Crippen molar-refractivity contribution < 1.29 is 19.7 Å². The van der Waals surface area contributed by atoms with E-state index in [0.717, 1.165) is 9.79 Å². The van der Waals surface area contributed by atoms with Crippen molar-refractivity contribution in [1.29, 1.82) is 0 Å². The predicted octanol–water partition coefficient (Wildman–Crippen LogP) is 0.643. The monoisotopic (exact) mass is 395 g/mol. The average Bonchev–Trinajstić information content (AvgIpc) is 3.17. The quantitative estimate of drug-likeness (QED) is 0.685. The highest BCUT2D eigenvalue weighted by Gasteiger charge is 2.47. The number of thioether (sulfide) groups is 2. The van der Waals surface area contributed by atoms with Gasteiger partial charge in [0.2, 0.25) is 0 Å². The van der Waals surface area contributed by atoms with Gasteiger partial charge >= 0.3 is 5.69 Å². The molecule has 0 bridgehead atoms. The normalized spacial score (nSPS) is 28.4. The number of aliphatic hydroxyl groups excluding tert-OH is 2. The van der Waals surface area contributed by atoms with E-state index in [0.29, 0.717) is 0 Å². The standard InChI is InChI=1S/C16H17N3O5S2/c17-11-5-6-19(15(22)18-11)14-13(12(21)8(7-20)23-14)24-16-25-9-3-1-2-4-10(9)26-16/h1-6,8,12-14,16,20-21H,7H2,(H2,17,18,22)/t8-,12-,13-,14-/m1/s1. The Hall–Kier alpha value is -1.56. The number of benzene rings is 1. The molecule has 10 heteroatoms. The molecule has 0 spiro atoms. The fourth-order valence-corrected chi connectivity index (χ4v) is 5.49. The molecular weight excluding hydrogens is 378 g/mol. The van der Waals surface area contributed by atoms with E-state index in [4.69, 9.17) is 15.2 Å². The maximum atomic E-state index is 12.2. The molecule has 2 aliphatic heterocycles. The maximum absolute atomic E-state index is 12.2. The van der Waals surface area contributed by atoms with Crippen molar-refractivity contribution in [3.05, 3.63) is 47.0 Å². The van der Waals surface area contributed by atoms with Crippen LogP contribution < -0.4 is 11.4 Å². The first-order valence-corrected chi connectivity index (χ1v) is 9.69. The van der Waals surface area contributed by atoms with Crippen LogP contribution >= 0.6 is 23.5 Å². The van der Waals surface area contributed by atoms with Crippen LogP contribution in [0.25, 0.3) is 0 Å². The van der Waals surface area contributed by atoms with Crippen LogP contribution in [0.1, 0.15) is 6.23 Å². The Balaban J connectivity index is 1.58. The lowest BCUT2D eigenvalue weighted by Gasteiger charge is -2.24. The molecular formula is C16H17N3O5S2. The van der Waals surface area contributed by atoms with Crippen molar-refractivity contribution in [3.63, 3.8) is 0 Å². The number of rotatable bonds is 4. The van der Waals surface area contributed by atoms with E-state index in [1.807, 2.05) is 24.3 Å². The van der Waals surface area contributed by atoms with Crippen molar-refractivity contribution in [3.8, 4) is 0 Å². The average molecular weight is 395 g/mol. The van der Waals surface area contributed by atoms with Gasteiger partial charge in [0.05, 0.1) is 6.61 Å². The van der Waals surface area contributed by atoms with Crippen LogP contribution in [0, 0.1) is 0 Å². The second-order valence-corrected chi connectivity index (χ2v) is 8.36. The second kappa shape index (κ2) is 7.22. The number of nitrogens with two attached hydrogens (primary N) is 1. The minimum Gasteiger partial charge on any atom is -0.394 e. The van der Waals surface area contributed by atoms with Crippen LogP contribution in [0.5, 0.6) is 0 Å². The van der Waals surface area contributed by atoms with Crippen LogP contribution in [0.4, 0.5) is 5.82 Å². The molecule has 4 rings (SSSR count). The van der Waals surface area contributed by atoms with Gasteiger partial charge in [0.1, 0.15) is 24.1 Å². The summed E-state index contributed by atoms with van der Waals surface area (Å²) in [6.45, 7) is -0.389. The van der Waals surface area contributed by atoms with E-state index in [1.165, 1.54) is 40.4 Å². The van der Waals surface area contributed by atoms with E-state index >= 15 is 0 Å². The van der Waals surface area contributed by atoms with E-state index in [2.05, 4.69) is 4.98 Å². The minimum atomic E-state index is -1.08. The molecule has 0 saturated carbocycles. The van der Waals surface area contributed by atoms with Gasteiger partial charge < -0.3 is 25.4 Å². The summed E-state index contributed by atoms with van der Waals surface area (Å²) >= 11 is 3.05. The molecule has 0 aliphatic carbocycles. The Kier molecular flexibility index (Phi) is 4.95. The van der Waals surface area contributed by atoms with Crippen molar-refractivity contribution in [1.82, 2.24) is 9.55 Å². The molecule has 1 aromatic heterocycles. The highest BCUT2D eigenvalue weighted by Crippen LogP contribution is 2.49. The summed E-state index contributed by atoms with van der Waals surface area (Å²) in [7, 11) is 0. The van der Waals surface area contributed by atoms with Crippen LogP contribution in [-0.4, -0.2) is 49.5 Å². The minimum absolute atomic E-state index is 0.0957. The Labute approximate surface area is 157 Å².